The lowest BCUT2D eigenvalue weighted by molar-refractivity contribution is 0.0643. The van der Waals surface area contributed by atoms with Gasteiger partial charge in [0.2, 0.25) is 5.82 Å². The van der Waals surface area contributed by atoms with Crippen LogP contribution in [0, 0.1) is 5.82 Å². The zero-order valence-electron chi connectivity index (χ0n) is 11.7. The first-order valence-electron chi connectivity index (χ1n) is 6.84. The van der Waals surface area contributed by atoms with Crippen LogP contribution in [0.4, 0.5) is 4.39 Å². The Morgan fingerprint density at radius 2 is 2.33 bits per heavy atom. The zero-order chi connectivity index (χ0) is 14.8. The van der Waals surface area contributed by atoms with E-state index in [-0.39, 0.29) is 23.6 Å². The van der Waals surface area contributed by atoms with Gasteiger partial charge in [-0.2, -0.15) is 0 Å². The van der Waals surface area contributed by atoms with Crippen LogP contribution in [0.25, 0.3) is 5.69 Å². The molecule has 0 aliphatic carbocycles. The van der Waals surface area contributed by atoms with Gasteiger partial charge in [0.05, 0.1) is 5.69 Å². The molecule has 21 heavy (non-hydrogen) atoms. The third-order valence-corrected chi connectivity index (χ3v) is 3.52. The van der Waals surface area contributed by atoms with Crippen LogP contribution in [0.5, 0.6) is 0 Å². The van der Waals surface area contributed by atoms with Crippen molar-refractivity contribution in [2.24, 2.45) is 0 Å². The first-order chi connectivity index (χ1) is 10.1. The maximum Gasteiger partial charge on any atom is 0.293 e. The lowest BCUT2D eigenvalue weighted by Crippen LogP contribution is -2.52. The summed E-state index contributed by atoms with van der Waals surface area (Å²) in [6, 6.07) is 6.10. The van der Waals surface area contributed by atoms with Gasteiger partial charge in [-0.15, -0.1) is 5.10 Å². The Bertz CT molecular complexity index is 656. The highest BCUT2D eigenvalue weighted by Gasteiger charge is 2.26. The van der Waals surface area contributed by atoms with E-state index in [0.717, 1.165) is 13.1 Å². The van der Waals surface area contributed by atoms with Gasteiger partial charge >= 0.3 is 0 Å². The molecule has 1 aromatic carbocycles. The van der Waals surface area contributed by atoms with Crippen LogP contribution in [0.15, 0.2) is 30.6 Å². The number of piperazine rings is 1. The van der Waals surface area contributed by atoms with Crippen molar-refractivity contribution in [3.05, 3.63) is 42.2 Å². The molecule has 1 fully saturated rings. The topological polar surface area (TPSA) is 63.1 Å². The van der Waals surface area contributed by atoms with Crippen molar-refractivity contribution >= 4 is 5.91 Å². The van der Waals surface area contributed by atoms with Crippen molar-refractivity contribution in [2.75, 3.05) is 19.6 Å². The summed E-state index contributed by atoms with van der Waals surface area (Å²) in [5, 5.41) is 7.38. The van der Waals surface area contributed by atoms with Crippen molar-refractivity contribution in [1.82, 2.24) is 25.0 Å². The summed E-state index contributed by atoms with van der Waals surface area (Å²) < 4.78 is 14.6. The summed E-state index contributed by atoms with van der Waals surface area (Å²) in [6.45, 7) is 4.14. The van der Waals surface area contributed by atoms with E-state index in [4.69, 9.17) is 0 Å². The van der Waals surface area contributed by atoms with Crippen LogP contribution in [0.2, 0.25) is 0 Å². The van der Waals surface area contributed by atoms with Gasteiger partial charge in [-0.25, -0.2) is 14.1 Å². The lowest BCUT2D eigenvalue weighted by Gasteiger charge is -2.33. The van der Waals surface area contributed by atoms with Gasteiger partial charge in [-0.1, -0.05) is 6.07 Å². The molecule has 1 unspecified atom stereocenters. The van der Waals surface area contributed by atoms with E-state index < -0.39 is 0 Å². The van der Waals surface area contributed by atoms with Gasteiger partial charge in [-0.3, -0.25) is 4.79 Å². The third kappa shape index (κ3) is 2.78. The SMILES string of the molecule is CC1CNCCN1C(=O)c1ncn(-c2cccc(F)c2)n1. The van der Waals surface area contributed by atoms with E-state index >= 15 is 0 Å². The molecular weight excluding hydrogens is 273 g/mol. The van der Waals surface area contributed by atoms with Crippen molar-refractivity contribution in [2.45, 2.75) is 13.0 Å². The Kier molecular flexibility index (Phi) is 3.66. The molecule has 6 nitrogen and oxygen atoms in total. The van der Waals surface area contributed by atoms with E-state index in [9.17, 15) is 9.18 Å². The highest BCUT2D eigenvalue weighted by atomic mass is 19.1. The maximum atomic E-state index is 13.2. The first-order valence-corrected chi connectivity index (χ1v) is 6.84. The monoisotopic (exact) mass is 289 g/mol. The fraction of sp³-hybridized carbons (Fsp3) is 0.357. The third-order valence-electron chi connectivity index (χ3n) is 3.52. The molecule has 7 heteroatoms. The zero-order valence-corrected chi connectivity index (χ0v) is 11.7. The Balaban J connectivity index is 1.83. The molecule has 1 N–H and O–H groups in total. The molecule has 110 valence electrons. The number of hydrogen-bond donors (Lipinski definition) is 1. The maximum absolute atomic E-state index is 13.2. The second kappa shape index (κ2) is 5.61. The minimum Gasteiger partial charge on any atom is -0.331 e. The van der Waals surface area contributed by atoms with Gasteiger partial charge in [0.25, 0.3) is 5.91 Å². The molecule has 3 rings (SSSR count). The quantitative estimate of drug-likeness (QED) is 0.890. The van der Waals surface area contributed by atoms with Crippen LogP contribution in [0.3, 0.4) is 0 Å². The molecule has 2 aromatic rings. The Hall–Kier alpha value is -2.28. The molecule has 1 aliphatic rings. The Labute approximate surface area is 121 Å². The minimum absolute atomic E-state index is 0.104. The normalized spacial score (nSPS) is 18.8. The lowest BCUT2D eigenvalue weighted by atomic mass is 10.2. The highest BCUT2D eigenvalue weighted by Crippen LogP contribution is 2.11. The summed E-state index contributed by atoms with van der Waals surface area (Å²) in [5.74, 6) is -0.418. The molecule has 0 bridgehead atoms. The number of nitrogens with one attached hydrogen (secondary N) is 1. The molecule has 1 atom stereocenters. The van der Waals surface area contributed by atoms with Crippen LogP contribution in [0.1, 0.15) is 17.5 Å². The number of carbonyl (C=O) groups excluding carboxylic acids is 1. The fourth-order valence-corrected chi connectivity index (χ4v) is 2.38. The van der Waals surface area contributed by atoms with E-state index in [1.54, 1.807) is 17.0 Å². The number of aromatic nitrogens is 3. The summed E-state index contributed by atoms with van der Waals surface area (Å²) >= 11 is 0. The predicted octanol–water partition coefficient (Wildman–Crippen LogP) is 0.840. The standard InChI is InChI=1S/C14H16FN5O/c1-10-8-16-5-6-19(10)14(21)13-17-9-20(18-13)12-4-2-3-11(15)7-12/h2-4,7,9-10,16H,5-6,8H2,1H3. The van der Waals surface area contributed by atoms with Crippen molar-refractivity contribution in [1.29, 1.82) is 0 Å². The van der Waals surface area contributed by atoms with Gasteiger partial charge < -0.3 is 10.2 Å². The molecular formula is C14H16FN5O. The second-order valence-corrected chi connectivity index (χ2v) is 5.04. The number of benzene rings is 1. The van der Waals surface area contributed by atoms with E-state index in [1.165, 1.54) is 23.1 Å². The Morgan fingerprint density at radius 1 is 1.48 bits per heavy atom. The van der Waals surface area contributed by atoms with Gasteiger partial charge in [0.1, 0.15) is 12.1 Å². The molecule has 1 amide bonds. The van der Waals surface area contributed by atoms with E-state index in [2.05, 4.69) is 15.4 Å². The number of amides is 1. The number of rotatable bonds is 2. The van der Waals surface area contributed by atoms with Crippen LogP contribution >= 0.6 is 0 Å². The van der Waals surface area contributed by atoms with Gasteiger partial charge in [0.15, 0.2) is 0 Å². The minimum atomic E-state index is -0.355. The fourth-order valence-electron chi connectivity index (χ4n) is 2.38. The number of carbonyl (C=O) groups is 1. The van der Waals surface area contributed by atoms with E-state index in [0.29, 0.717) is 12.2 Å². The summed E-state index contributed by atoms with van der Waals surface area (Å²) in [6.07, 6.45) is 1.43. The molecule has 0 spiro atoms. The first kappa shape index (κ1) is 13.7. The Morgan fingerprint density at radius 3 is 3.10 bits per heavy atom. The largest absolute Gasteiger partial charge is 0.331 e. The van der Waals surface area contributed by atoms with Crippen LogP contribution < -0.4 is 5.32 Å². The smallest absolute Gasteiger partial charge is 0.293 e. The van der Waals surface area contributed by atoms with E-state index in [1.807, 2.05) is 6.92 Å². The van der Waals surface area contributed by atoms with Crippen molar-refractivity contribution in [3.63, 3.8) is 0 Å². The summed E-state index contributed by atoms with van der Waals surface area (Å²) in [4.78, 5) is 18.2. The molecule has 1 aromatic heterocycles. The predicted molar refractivity (Wildman–Crippen MR) is 74.7 cm³/mol. The van der Waals surface area contributed by atoms with Gasteiger partial charge in [-0.05, 0) is 25.1 Å². The summed E-state index contributed by atoms with van der Waals surface area (Å²) in [7, 11) is 0. The second-order valence-electron chi connectivity index (χ2n) is 5.04. The highest BCUT2D eigenvalue weighted by molar-refractivity contribution is 5.90. The average Bonchev–Trinajstić information content (AvgIpc) is 2.97. The molecule has 2 heterocycles. The van der Waals surface area contributed by atoms with Crippen LogP contribution in [-0.2, 0) is 0 Å². The molecule has 0 saturated carbocycles. The number of nitrogens with zero attached hydrogens (tertiary/aromatic N) is 4. The molecule has 1 saturated heterocycles. The molecule has 0 radical (unpaired) electrons. The van der Waals surface area contributed by atoms with Gasteiger partial charge in [0, 0.05) is 25.7 Å². The van der Waals surface area contributed by atoms with Crippen molar-refractivity contribution < 1.29 is 9.18 Å². The average molecular weight is 289 g/mol. The van der Waals surface area contributed by atoms with Crippen LogP contribution in [-0.4, -0.2) is 51.2 Å². The summed E-state index contributed by atoms with van der Waals surface area (Å²) in [5.41, 5.74) is 0.537. The number of halogens is 1. The number of hydrogen-bond acceptors (Lipinski definition) is 4. The van der Waals surface area contributed by atoms with Crippen molar-refractivity contribution in [3.8, 4) is 5.69 Å². The molecule has 1 aliphatic heterocycles.